The maximum absolute atomic E-state index is 14.4. The third kappa shape index (κ3) is 6.05. The molecule has 7 nitrogen and oxygen atoms in total. The number of sulfonamides is 1. The van der Waals surface area contributed by atoms with Crippen LogP contribution in [0.5, 0.6) is 5.88 Å². The summed E-state index contributed by atoms with van der Waals surface area (Å²) in [6.07, 6.45) is -2.87. The van der Waals surface area contributed by atoms with Crippen LogP contribution >= 0.6 is 0 Å². The highest BCUT2D eigenvalue weighted by Crippen LogP contribution is 2.63. The summed E-state index contributed by atoms with van der Waals surface area (Å²) in [7, 11) is -4.13. The van der Waals surface area contributed by atoms with E-state index in [2.05, 4.69) is 14.7 Å². The predicted molar refractivity (Wildman–Crippen MR) is 161 cm³/mol. The fraction of sp³-hybridized carbons (Fsp3) is 0.515. The molecule has 3 aromatic rings. The first-order valence-electron chi connectivity index (χ1n) is 15.2. The zero-order chi connectivity index (χ0) is 31.4. The number of aryl methyl sites for hydroxylation is 2. The second kappa shape index (κ2) is 11.3. The standard InChI is InChI=1S/C33H38F3N3O4S/c1-19(2)43-25-13-23(14-25)30-22-9-6-10-26(15-22)44(40,41)39-31-37-27(29-20(3)7-5-8-21(29)4)16-28(38-31)42-18-24(30)17-32(11-12-32)33(34,35)36/h5-10,15-16,19,23-25,30H,11-14,17-18H2,1-4H3,(H,37,38,39)/t23?,24-,25?,30?/m1/s1. The van der Waals surface area contributed by atoms with Crippen molar-refractivity contribution in [3.05, 3.63) is 65.2 Å². The van der Waals surface area contributed by atoms with Gasteiger partial charge in [0.25, 0.3) is 10.0 Å². The van der Waals surface area contributed by atoms with Crippen LogP contribution in [0.4, 0.5) is 19.1 Å². The van der Waals surface area contributed by atoms with Crippen LogP contribution in [-0.2, 0) is 14.8 Å². The molecule has 2 fully saturated rings. The lowest BCUT2D eigenvalue weighted by Gasteiger charge is -2.45. The van der Waals surface area contributed by atoms with E-state index in [9.17, 15) is 21.6 Å². The Labute approximate surface area is 256 Å². The molecule has 0 saturated heterocycles. The van der Waals surface area contributed by atoms with Gasteiger partial charge in [-0.05, 0) is 100 Å². The number of alkyl halides is 3. The number of nitrogens with one attached hydrogen (secondary N) is 1. The lowest BCUT2D eigenvalue weighted by Crippen LogP contribution is -2.41. The molecule has 4 bridgehead atoms. The second-order valence-electron chi connectivity index (χ2n) is 13.0. The molecule has 11 heteroatoms. The van der Waals surface area contributed by atoms with Crippen molar-refractivity contribution in [2.45, 2.75) is 89.0 Å². The number of aromatic nitrogens is 2. The number of fused-ring (bicyclic) bond motifs is 4. The van der Waals surface area contributed by atoms with Gasteiger partial charge < -0.3 is 9.47 Å². The van der Waals surface area contributed by atoms with Gasteiger partial charge in [-0.3, -0.25) is 0 Å². The molecule has 1 unspecified atom stereocenters. The normalized spacial score (nSPS) is 25.5. The first kappa shape index (κ1) is 30.8. The minimum absolute atomic E-state index is 0.00563. The molecule has 2 saturated carbocycles. The molecule has 0 amide bonds. The number of halogens is 3. The molecular weight excluding hydrogens is 591 g/mol. The number of rotatable bonds is 6. The van der Waals surface area contributed by atoms with E-state index >= 15 is 0 Å². The van der Waals surface area contributed by atoms with Crippen LogP contribution in [0.3, 0.4) is 0 Å². The highest BCUT2D eigenvalue weighted by atomic mass is 32.2. The van der Waals surface area contributed by atoms with Crippen molar-refractivity contribution in [3.8, 4) is 17.1 Å². The molecule has 2 heterocycles. The number of hydrogen-bond acceptors (Lipinski definition) is 6. The molecule has 1 aliphatic heterocycles. The van der Waals surface area contributed by atoms with E-state index < -0.39 is 27.5 Å². The minimum Gasteiger partial charge on any atom is -0.477 e. The summed E-state index contributed by atoms with van der Waals surface area (Å²) in [4.78, 5) is 8.91. The highest BCUT2D eigenvalue weighted by molar-refractivity contribution is 7.92. The van der Waals surface area contributed by atoms with Crippen molar-refractivity contribution >= 4 is 16.0 Å². The summed E-state index contributed by atoms with van der Waals surface area (Å²) in [5, 5.41) is 0. The van der Waals surface area contributed by atoms with Gasteiger partial charge in [-0.25, -0.2) is 18.1 Å². The second-order valence-corrected chi connectivity index (χ2v) is 14.7. The van der Waals surface area contributed by atoms with Crippen molar-refractivity contribution in [3.63, 3.8) is 0 Å². The van der Waals surface area contributed by atoms with Gasteiger partial charge in [-0.1, -0.05) is 30.3 Å². The third-order valence-electron chi connectivity index (χ3n) is 9.38. The van der Waals surface area contributed by atoms with Crippen LogP contribution in [0.1, 0.15) is 68.6 Å². The number of anilines is 1. The third-order valence-corrected chi connectivity index (χ3v) is 10.7. The minimum atomic E-state index is -4.34. The molecule has 2 aromatic carbocycles. The fourth-order valence-electron chi connectivity index (χ4n) is 7.02. The zero-order valence-electron chi connectivity index (χ0n) is 25.3. The molecule has 1 aromatic heterocycles. The highest BCUT2D eigenvalue weighted by Gasteiger charge is 2.64. The van der Waals surface area contributed by atoms with Crippen LogP contribution in [0.25, 0.3) is 11.3 Å². The van der Waals surface area contributed by atoms with Gasteiger partial charge in [-0.2, -0.15) is 18.2 Å². The van der Waals surface area contributed by atoms with E-state index in [4.69, 9.17) is 9.47 Å². The van der Waals surface area contributed by atoms with Gasteiger partial charge in [-0.15, -0.1) is 0 Å². The quantitative estimate of drug-likeness (QED) is 0.302. The average molecular weight is 630 g/mol. The van der Waals surface area contributed by atoms with E-state index in [0.717, 1.165) is 16.7 Å². The Morgan fingerprint density at radius 1 is 1.05 bits per heavy atom. The maximum atomic E-state index is 14.4. The fourth-order valence-corrected chi connectivity index (χ4v) is 8.02. The SMILES string of the molecule is Cc1cccc(C)c1-c1cc2nc(n1)NS(=O)(=O)c1cccc(c1)C(C1CC(OC(C)C)C1)[C@H](CC1(C(F)(F)F)CC1)CO2. The topological polar surface area (TPSA) is 90.4 Å². The molecule has 0 radical (unpaired) electrons. The Balaban J connectivity index is 1.46. The number of hydrogen-bond donors (Lipinski definition) is 1. The van der Waals surface area contributed by atoms with E-state index in [0.29, 0.717) is 24.1 Å². The number of nitrogens with zero attached hydrogens (tertiary/aromatic N) is 2. The van der Waals surface area contributed by atoms with Crippen molar-refractivity contribution in [2.75, 3.05) is 11.3 Å². The predicted octanol–water partition coefficient (Wildman–Crippen LogP) is 7.59. The molecule has 1 N–H and O–H groups in total. The van der Waals surface area contributed by atoms with Gasteiger partial charge in [0.15, 0.2) is 0 Å². The smallest absolute Gasteiger partial charge is 0.394 e. The van der Waals surface area contributed by atoms with Gasteiger partial charge in [0, 0.05) is 17.5 Å². The Morgan fingerprint density at radius 2 is 1.73 bits per heavy atom. The van der Waals surface area contributed by atoms with Gasteiger partial charge in [0.2, 0.25) is 11.8 Å². The van der Waals surface area contributed by atoms with Crippen LogP contribution in [0.15, 0.2) is 53.4 Å². The van der Waals surface area contributed by atoms with Crippen molar-refractivity contribution in [2.24, 2.45) is 17.3 Å². The lowest BCUT2D eigenvalue weighted by atomic mass is 9.64. The molecule has 2 atom stereocenters. The summed E-state index contributed by atoms with van der Waals surface area (Å²) < 4.78 is 85.2. The van der Waals surface area contributed by atoms with Gasteiger partial charge in [0.1, 0.15) is 0 Å². The Bertz CT molecular complexity index is 1630. The molecular formula is C33H38F3N3O4S. The van der Waals surface area contributed by atoms with Crippen molar-refractivity contribution in [1.82, 2.24) is 9.97 Å². The van der Waals surface area contributed by atoms with E-state index in [-0.39, 0.29) is 66.6 Å². The van der Waals surface area contributed by atoms with E-state index in [1.165, 1.54) is 6.07 Å². The average Bonchev–Trinajstić information content (AvgIpc) is 3.70. The first-order valence-corrected chi connectivity index (χ1v) is 16.7. The molecule has 6 rings (SSSR count). The summed E-state index contributed by atoms with van der Waals surface area (Å²) in [5.74, 6) is -0.959. The van der Waals surface area contributed by atoms with Crippen molar-refractivity contribution < 1.29 is 31.1 Å². The largest absolute Gasteiger partial charge is 0.477 e. The van der Waals surface area contributed by atoms with Crippen LogP contribution in [0, 0.1) is 31.1 Å². The Hall–Kier alpha value is -3.18. The van der Waals surface area contributed by atoms with Gasteiger partial charge in [0.05, 0.1) is 34.8 Å². The molecule has 0 spiro atoms. The van der Waals surface area contributed by atoms with E-state index in [1.54, 1.807) is 18.2 Å². The zero-order valence-corrected chi connectivity index (χ0v) is 26.1. The molecule has 3 aliphatic rings. The lowest BCUT2D eigenvalue weighted by molar-refractivity contribution is -0.194. The first-order chi connectivity index (χ1) is 20.7. The Morgan fingerprint density at radius 3 is 2.36 bits per heavy atom. The summed E-state index contributed by atoms with van der Waals surface area (Å²) in [6.45, 7) is 7.78. The maximum Gasteiger partial charge on any atom is 0.394 e. The number of benzene rings is 2. The monoisotopic (exact) mass is 629 g/mol. The van der Waals surface area contributed by atoms with Crippen LogP contribution in [0.2, 0.25) is 0 Å². The van der Waals surface area contributed by atoms with Crippen molar-refractivity contribution in [1.29, 1.82) is 0 Å². The summed E-state index contributed by atoms with van der Waals surface area (Å²) in [6, 6.07) is 14.0. The summed E-state index contributed by atoms with van der Waals surface area (Å²) >= 11 is 0. The Kier molecular flexibility index (Phi) is 7.93. The van der Waals surface area contributed by atoms with Gasteiger partial charge >= 0.3 is 6.18 Å². The molecule has 44 heavy (non-hydrogen) atoms. The number of ether oxygens (including phenoxy) is 2. The molecule has 236 valence electrons. The molecule has 2 aliphatic carbocycles. The van der Waals surface area contributed by atoms with Crippen LogP contribution < -0.4 is 9.46 Å². The van der Waals surface area contributed by atoms with E-state index in [1.807, 2.05) is 52.0 Å². The van der Waals surface area contributed by atoms with Crippen LogP contribution in [-0.4, -0.2) is 43.4 Å². The summed E-state index contributed by atoms with van der Waals surface area (Å²) in [5.41, 5.74) is 2.05.